The Kier molecular flexibility index (Phi) is 4.60. The van der Waals surface area contributed by atoms with Crippen LogP contribution in [-0.2, 0) is 14.3 Å². The molecule has 1 aliphatic heterocycles. The molecule has 2 saturated carbocycles. The number of hydrogen-bond donors (Lipinski definition) is 1. The maximum atomic E-state index is 12.5. The molecule has 1 amide bonds. The molecule has 142 valence electrons. The minimum atomic E-state index is 0.0216. The highest BCUT2D eigenvalue weighted by molar-refractivity contribution is 5.77. The van der Waals surface area contributed by atoms with Crippen molar-refractivity contribution in [3.8, 4) is 0 Å². The third-order valence-electron chi connectivity index (χ3n) is 7.38. The second-order valence-electron chi connectivity index (χ2n) is 8.89. The van der Waals surface area contributed by atoms with E-state index in [0.717, 1.165) is 13.0 Å². The SMILES string of the molecule is CCOCC(=O)N[C@H]1C(C)(C)[C@@H]2C[C@@H]3[C@@H](c4ccccc4)OCCC31C2. The summed E-state index contributed by atoms with van der Waals surface area (Å²) in [6.45, 7) is 8.10. The molecule has 0 aromatic heterocycles. The summed E-state index contributed by atoms with van der Waals surface area (Å²) in [6.07, 6.45) is 3.60. The quantitative estimate of drug-likeness (QED) is 0.874. The van der Waals surface area contributed by atoms with Crippen LogP contribution in [0.25, 0.3) is 0 Å². The average Bonchev–Trinajstić information content (AvgIpc) is 3.13. The fraction of sp³-hybridized carbons (Fsp3) is 0.682. The second-order valence-corrected chi connectivity index (χ2v) is 8.89. The molecule has 1 saturated heterocycles. The van der Waals surface area contributed by atoms with Gasteiger partial charge >= 0.3 is 0 Å². The first-order valence-corrected chi connectivity index (χ1v) is 10.0. The Bertz CT molecular complexity index is 659. The van der Waals surface area contributed by atoms with Crippen molar-refractivity contribution >= 4 is 5.91 Å². The van der Waals surface area contributed by atoms with Crippen LogP contribution in [0.4, 0.5) is 0 Å². The molecule has 2 aliphatic carbocycles. The van der Waals surface area contributed by atoms with Gasteiger partial charge in [-0.1, -0.05) is 44.2 Å². The number of ether oxygens (including phenoxy) is 2. The van der Waals surface area contributed by atoms with E-state index in [4.69, 9.17) is 9.47 Å². The van der Waals surface area contributed by atoms with Gasteiger partial charge in [0.2, 0.25) is 5.91 Å². The Morgan fingerprint density at radius 1 is 1.31 bits per heavy atom. The van der Waals surface area contributed by atoms with Crippen LogP contribution in [0, 0.1) is 22.7 Å². The van der Waals surface area contributed by atoms with Gasteiger partial charge in [0.25, 0.3) is 0 Å². The van der Waals surface area contributed by atoms with Crippen LogP contribution in [0.3, 0.4) is 0 Å². The summed E-state index contributed by atoms with van der Waals surface area (Å²) < 4.78 is 11.6. The Hall–Kier alpha value is -1.39. The van der Waals surface area contributed by atoms with Crippen molar-refractivity contribution in [1.29, 1.82) is 0 Å². The van der Waals surface area contributed by atoms with Crippen LogP contribution in [0.5, 0.6) is 0 Å². The molecule has 1 N–H and O–H groups in total. The first kappa shape index (κ1) is 18.0. The van der Waals surface area contributed by atoms with Crippen LogP contribution in [0.1, 0.15) is 51.7 Å². The summed E-state index contributed by atoms with van der Waals surface area (Å²) in [6, 6.07) is 10.8. The zero-order chi connectivity index (χ0) is 18.4. The third-order valence-corrected chi connectivity index (χ3v) is 7.38. The zero-order valence-electron chi connectivity index (χ0n) is 16.2. The second kappa shape index (κ2) is 6.65. The average molecular weight is 357 g/mol. The van der Waals surface area contributed by atoms with Gasteiger partial charge in [0.15, 0.2) is 0 Å². The lowest BCUT2D eigenvalue weighted by Crippen LogP contribution is -2.59. The first-order chi connectivity index (χ1) is 12.5. The van der Waals surface area contributed by atoms with E-state index < -0.39 is 0 Å². The number of nitrogens with one attached hydrogen (secondary N) is 1. The lowest BCUT2D eigenvalue weighted by atomic mass is 9.59. The molecule has 3 aliphatic rings. The summed E-state index contributed by atoms with van der Waals surface area (Å²) in [4.78, 5) is 12.5. The van der Waals surface area contributed by atoms with Gasteiger partial charge in [-0.15, -0.1) is 0 Å². The molecular weight excluding hydrogens is 326 g/mol. The van der Waals surface area contributed by atoms with Crippen molar-refractivity contribution in [3.63, 3.8) is 0 Å². The highest BCUT2D eigenvalue weighted by atomic mass is 16.5. The first-order valence-electron chi connectivity index (χ1n) is 10.0. The largest absolute Gasteiger partial charge is 0.373 e. The van der Waals surface area contributed by atoms with Crippen LogP contribution in [0.15, 0.2) is 30.3 Å². The number of hydrogen-bond acceptors (Lipinski definition) is 3. The molecule has 2 bridgehead atoms. The summed E-state index contributed by atoms with van der Waals surface area (Å²) in [5.41, 5.74) is 1.55. The topological polar surface area (TPSA) is 47.6 Å². The fourth-order valence-electron chi connectivity index (χ4n) is 6.16. The van der Waals surface area contributed by atoms with E-state index in [9.17, 15) is 4.79 Å². The summed E-state index contributed by atoms with van der Waals surface area (Å²) >= 11 is 0. The zero-order valence-corrected chi connectivity index (χ0v) is 16.2. The van der Waals surface area contributed by atoms with Gasteiger partial charge in [0.1, 0.15) is 6.61 Å². The third kappa shape index (κ3) is 2.69. The number of rotatable bonds is 5. The maximum Gasteiger partial charge on any atom is 0.246 e. The van der Waals surface area contributed by atoms with Crippen molar-refractivity contribution in [1.82, 2.24) is 5.32 Å². The van der Waals surface area contributed by atoms with Gasteiger partial charge in [-0.05, 0) is 54.4 Å². The monoisotopic (exact) mass is 357 g/mol. The van der Waals surface area contributed by atoms with E-state index in [0.29, 0.717) is 18.4 Å². The number of carbonyl (C=O) groups excluding carboxylic acids is 1. The molecule has 4 heteroatoms. The number of benzene rings is 1. The van der Waals surface area contributed by atoms with Gasteiger partial charge in [-0.25, -0.2) is 0 Å². The van der Waals surface area contributed by atoms with Crippen molar-refractivity contribution in [3.05, 3.63) is 35.9 Å². The van der Waals surface area contributed by atoms with Crippen molar-refractivity contribution in [2.24, 2.45) is 22.7 Å². The maximum absolute atomic E-state index is 12.5. The van der Waals surface area contributed by atoms with Crippen molar-refractivity contribution < 1.29 is 14.3 Å². The summed E-state index contributed by atoms with van der Waals surface area (Å²) in [5.74, 6) is 1.14. The molecule has 1 unspecified atom stereocenters. The van der Waals surface area contributed by atoms with E-state index in [1.54, 1.807) is 0 Å². The summed E-state index contributed by atoms with van der Waals surface area (Å²) in [5, 5.41) is 3.38. The van der Waals surface area contributed by atoms with E-state index in [1.165, 1.54) is 18.4 Å². The highest BCUT2D eigenvalue weighted by Crippen LogP contribution is 2.70. The molecule has 4 rings (SSSR count). The molecular formula is C22H31NO3. The highest BCUT2D eigenvalue weighted by Gasteiger charge is 2.68. The van der Waals surface area contributed by atoms with Crippen LogP contribution < -0.4 is 5.32 Å². The van der Waals surface area contributed by atoms with Crippen LogP contribution >= 0.6 is 0 Å². The minimum Gasteiger partial charge on any atom is -0.373 e. The number of fused-ring (bicyclic) bond motifs is 1. The molecule has 26 heavy (non-hydrogen) atoms. The van der Waals surface area contributed by atoms with Gasteiger partial charge in [-0.2, -0.15) is 0 Å². The summed E-state index contributed by atoms with van der Waals surface area (Å²) in [7, 11) is 0. The van der Waals surface area contributed by atoms with E-state index in [-0.39, 0.29) is 35.5 Å². The Morgan fingerprint density at radius 2 is 2.08 bits per heavy atom. The molecule has 1 aromatic carbocycles. The molecule has 1 heterocycles. The van der Waals surface area contributed by atoms with Crippen molar-refractivity contribution in [2.45, 2.75) is 52.2 Å². The standard InChI is InChI=1S/C22H31NO3/c1-4-25-14-18(24)23-20-21(2,3)16-12-17-19(15-8-6-5-7-9-15)26-11-10-22(17,20)13-16/h5-9,16-17,19-20H,4,10-14H2,1-3H3,(H,23,24)/t16-,17-,19-,20+,22?/m1/s1. The molecule has 3 fully saturated rings. The van der Waals surface area contributed by atoms with E-state index in [1.807, 2.05) is 6.92 Å². The lowest BCUT2D eigenvalue weighted by molar-refractivity contribution is -0.140. The number of amides is 1. The Labute approximate surface area is 156 Å². The van der Waals surface area contributed by atoms with Gasteiger partial charge in [0.05, 0.1) is 6.10 Å². The van der Waals surface area contributed by atoms with Gasteiger partial charge < -0.3 is 14.8 Å². The van der Waals surface area contributed by atoms with E-state index in [2.05, 4.69) is 49.5 Å². The lowest BCUT2D eigenvalue weighted by Gasteiger charge is -2.53. The van der Waals surface area contributed by atoms with E-state index >= 15 is 0 Å². The normalized spacial score (nSPS) is 37.3. The predicted octanol–water partition coefficient (Wildman–Crippen LogP) is 3.72. The Balaban J connectivity index is 1.62. The number of carbonyl (C=O) groups is 1. The van der Waals surface area contributed by atoms with Gasteiger partial charge in [-0.3, -0.25) is 4.79 Å². The Morgan fingerprint density at radius 3 is 2.81 bits per heavy atom. The molecule has 0 radical (unpaired) electrons. The van der Waals surface area contributed by atoms with Crippen molar-refractivity contribution in [2.75, 3.05) is 19.8 Å². The smallest absolute Gasteiger partial charge is 0.246 e. The molecule has 1 spiro atoms. The predicted molar refractivity (Wildman–Crippen MR) is 101 cm³/mol. The molecule has 4 nitrogen and oxygen atoms in total. The van der Waals surface area contributed by atoms with Gasteiger partial charge in [0, 0.05) is 19.3 Å². The molecule has 1 aromatic rings. The minimum absolute atomic E-state index is 0.0216. The molecule has 5 atom stereocenters. The van der Waals surface area contributed by atoms with Crippen LogP contribution in [-0.4, -0.2) is 31.8 Å². The van der Waals surface area contributed by atoms with Crippen LogP contribution in [0.2, 0.25) is 0 Å². The fourth-order valence-corrected chi connectivity index (χ4v) is 6.16.